The molecule has 0 radical (unpaired) electrons. The first-order chi connectivity index (χ1) is 12.6. The van der Waals surface area contributed by atoms with Gasteiger partial charge < -0.3 is 14.4 Å². The lowest BCUT2D eigenvalue weighted by molar-refractivity contribution is -0.132. The van der Waals surface area contributed by atoms with E-state index in [0.717, 1.165) is 15.2 Å². The molecule has 1 heterocycles. The average molecular weight is 370 g/mol. The van der Waals surface area contributed by atoms with E-state index in [1.54, 1.807) is 41.5 Å². The van der Waals surface area contributed by atoms with Gasteiger partial charge in [-0.15, -0.1) is 11.3 Å². The Morgan fingerprint density at radius 1 is 1.27 bits per heavy atom. The van der Waals surface area contributed by atoms with Gasteiger partial charge in [0.1, 0.15) is 16.5 Å². The van der Waals surface area contributed by atoms with Crippen molar-refractivity contribution in [2.45, 2.75) is 6.54 Å². The number of hydrogen-bond acceptors (Lipinski definition) is 6. The number of benzene rings is 2. The fourth-order valence-corrected chi connectivity index (χ4v) is 3.43. The second-order valence-corrected chi connectivity index (χ2v) is 6.75. The number of aldehydes is 1. The summed E-state index contributed by atoms with van der Waals surface area (Å²) in [6.45, 7) is 0.249. The molecule has 134 valence electrons. The molecule has 3 aromatic rings. The average Bonchev–Trinajstić information content (AvgIpc) is 3.08. The molecule has 3 rings (SSSR count). The Labute approximate surface area is 155 Å². The predicted molar refractivity (Wildman–Crippen MR) is 100.0 cm³/mol. The molecule has 0 saturated carbocycles. The largest absolute Gasteiger partial charge is 0.497 e. The molecular formula is C19H18N2O4S. The van der Waals surface area contributed by atoms with Crippen molar-refractivity contribution in [3.8, 4) is 11.5 Å². The van der Waals surface area contributed by atoms with Crippen molar-refractivity contribution in [1.29, 1.82) is 0 Å². The van der Waals surface area contributed by atoms with E-state index >= 15 is 0 Å². The summed E-state index contributed by atoms with van der Waals surface area (Å²) in [7, 11) is 3.22. The topological polar surface area (TPSA) is 68.7 Å². The highest BCUT2D eigenvalue weighted by molar-refractivity contribution is 7.18. The minimum Gasteiger partial charge on any atom is -0.497 e. The highest BCUT2D eigenvalue weighted by atomic mass is 32.1. The zero-order valence-electron chi connectivity index (χ0n) is 14.5. The summed E-state index contributed by atoms with van der Waals surface area (Å²) in [6, 6.07) is 12.7. The molecule has 1 aromatic heterocycles. The van der Waals surface area contributed by atoms with E-state index in [0.29, 0.717) is 29.9 Å². The van der Waals surface area contributed by atoms with E-state index in [1.165, 1.54) is 7.11 Å². The maximum Gasteiger partial charge on any atom is 0.260 e. The maximum atomic E-state index is 12.3. The molecule has 0 spiro atoms. The zero-order chi connectivity index (χ0) is 18.5. The summed E-state index contributed by atoms with van der Waals surface area (Å²) in [5.41, 5.74) is 1.27. The van der Waals surface area contributed by atoms with Gasteiger partial charge in [0.15, 0.2) is 12.9 Å². The van der Waals surface area contributed by atoms with Crippen LogP contribution in [0.1, 0.15) is 15.4 Å². The number of rotatable bonds is 7. The van der Waals surface area contributed by atoms with E-state index < -0.39 is 0 Å². The molecule has 26 heavy (non-hydrogen) atoms. The molecule has 0 saturated heterocycles. The van der Waals surface area contributed by atoms with Gasteiger partial charge in [-0.1, -0.05) is 12.1 Å². The molecule has 0 aliphatic rings. The van der Waals surface area contributed by atoms with Crippen molar-refractivity contribution in [1.82, 2.24) is 9.88 Å². The smallest absolute Gasteiger partial charge is 0.260 e. The van der Waals surface area contributed by atoms with Gasteiger partial charge in [-0.05, 0) is 30.3 Å². The Hall–Kier alpha value is -2.93. The quantitative estimate of drug-likeness (QED) is 0.598. The van der Waals surface area contributed by atoms with E-state index in [1.807, 2.05) is 24.3 Å². The van der Waals surface area contributed by atoms with Crippen LogP contribution in [0.15, 0.2) is 42.5 Å². The van der Waals surface area contributed by atoms with Crippen LogP contribution in [-0.4, -0.2) is 42.8 Å². The summed E-state index contributed by atoms with van der Waals surface area (Å²) in [6.07, 6.45) is 0.674. The number of carbonyl (C=O) groups is 2. The summed E-state index contributed by atoms with van der Waals surface area (Å²) in [5, 5.41) is 0.861. The van der Waals surface area contributed by atoms with Crippen molar-refractivity contribution < 1.29 is 19.1 Å². The van der Waals surface area contributed by atoms with Gasteiger partial charge in [0, 0.05) is 7.05 Å². The third kappa shape index (κ3) is 4.00. The molecule has 0 N–H and O–H groups in total. The number of carbonyl (C=O) groups excluding carboxylic acids is 2. The maximum absolute atomic E-state index is 12.3. The Bertz CT molecular complexity index is 905. The molecule has 0 unspecified atom stereocenters. The van der Waals surface area contributed by atoms with Gasteiger partial charge in [-0.2, -0.15) is 0 Å². The fraction of sp³-hybridized carbons (Fsp3) is 0.211. The highest BCUT2D eigenvalue weighted by Crippen LogP contribution is 2.24. The Balaban J connectivity index is 1.61. The minimum absolute atomic E-state index is 0.158. The number of fused-ring (bicyclic) bond motifs is 1. The molecule has 0 aliphatic heterocycles. The summed E-state index contributed by atoms with van der Waals surface area (Å²) in [5.74, 6) is 0.707. The van der Waals surface area contributed by atoms with E-state index in [9.17, 15) is 9.59 Å². The van der Waals surface area contributed by atoms with Crippen molar-refractivity contribution in [2.75, 3.05) is 20.8 Å². The molecule has 0 fully saturated rings. The van der Waals surface area contributed by atoms with Crippen molar-refractivity contribution in [3.63, 3.8) is 0 Å². The first-order valence-electron chi connectivity index (χ1n) is 7.95. The lowest BCUT2D eigenvalue weighted by atomic mass is 10.2. The van der Waals surface area contributed by atoms with Crippen LogP contribution in [0.3, 0.4) is 0 Å². The Morgan fingerprint density at radius 2 is 2.08 bits per heavy atom. The SMILES string of the molecule is COc1ccc(OCC(=O)N(C)Cc2nc3ccccc3s2)c(C=O)c1. The molecular weight excluding hydrogens is 352 g/mol. The minimum atomic E-state index is -0.197. The van der Waals surface area contributed by atoms with Gasteiger partial charge >= 0.3 is 0 Å². The molecule has 1 amide bonds. The molecule has 0 atom stereocenters. The van der Waals surface area contributed by atoms with Crippen LogP contribution in [-0.2, 0) is 11.3 Å². The molecule has 6 nitrogen and oxygen atoms in total. The number of methoxy groups -OCH3 is 1. The second-order valence-electron chi connectivity index (χ2n) is 5.64. The van der Waals surface area contributed by atoms with Gasteiger partial charge in [0.05, 0.1) is 29.4 Å². The van der Waals surface area contributed by atoms with Gasteiger partial charge in [-0.3, -0.25) is 9.59 Å². The van der Waals surface area contributed by atoms with Crippen LogP contribution < -0.4 is 9.47 Å². The second kappa shape index (κ2) is 7.97. The molecule has 0 bridgehead atoms. The highest BCUT2D eigenvalue weighted by Gasteiger charge is 2.14. The Kier molecular flexibility index (Phi) is 5.48. The van der Waals surface area contributed by atoms with Gasteiger partial charge in [0.2, 0.25) is 0 Å². The number of para-hydroxylation sites is 1. The summed E-state index contributed by atoms with van der Waals surface area (Å²) >= 11 is 1.56. The third-order valence-electron chi connectivity index (χ3n) is 3.83. The third-order valence-corrected chi connectivity index (χ3v) is 4.85. The van der Waals surface area contributed by atoms with Crippen LogP contribution in [0.5, 0.6) is 11.5 Å². The van der Waals surface area contributed by atoms with Crippen LogP contribution >= 0.6 is 11.3 Å². The van der Waals surface area contributed by atoms with E-state index in [4.69, 9.17) is 9.47 Å². The van der Waals surface area contributed by atoms with Crippen molar-refractivity contribution >= 4 is 33.7 Å². The number of nitrogens with zero attached hydrogens (tertiary/aromatic N) is 2. The number of likely N-dealkylation sites (N-methyl/N-ethyl adjacent to an activating group) is 1. The van der Waals surface area contributed by atoms with Gasteiger partial charge in [-0.25, -0.2) is 4.98 Å². The monoisotopic (exact) mass is 370 g/mol. The number of amides is 1. The van der Waals surface area contributed by atoms with Gasteiger partial charge in [0.25, 0.3) is 5.91 Å². The van der Waals surface area contributed by atoms with E-state index in [2.05, 4.69) is 4.98 Å². The van der Waals surface area contributed by atoms with Crippen molar-refractivity contribution in [3.05, 3.63) is 53.0 Å². The van der Waals surface area contributed by atoms with Crippen LogP contribution in [0.4, 0.5) is 0 Å². The van der Waals surface area contributed by atoms with Crippen LogP contribution in [0.2, 0.25) is 0 Å². The van der Waals surface area contributed by atoms with E-state index in [-0.39, 0.29) is 12.5 Å². The lowest BCUT2D eigenvalue weighted by Crippen LogP contribution is -2.31. The molecule has 0 aliphatic carbocycles. The van der Waals surface area contributed by atoms with Crippen LogP contribution in [0.25, 0.3) is 10.2 Å². The number of hydrogen-bond donors (Lipinski definition) is 0. The van der Waals surface area contributed by atoms with Crippen LogP contribution in [0, 0.1) is 0 Å². The zero-order valence-corrected chi connectivity index (χ0v) is 15.3. The first kappa shape index (κ1) is 17.9. The summed E-state index contributed by atoms with van der Waals surface area (Å²) in [4.78, 5) is 29.6. The molecule has 2 aromatic carbocycles. The lowest BCUT2D eigenvalue weighted by Gasteiger charge is -2.16. The fourth-order valence-electron chi connectivity index (χ4n) is 2.41. The standard InChI is InChI=1S/C19H18N2O4S/c1-21(10-18-20-15-5-3-4-6-17(15)26-18)19(23)12-25-16-8-7-14(24-2)9-13(16)11-22/h3-9,11H,10,12H2,1-2H3. The summed E-state index contributed by atoms with van der Waals surface area (Å²) < 4.78 is 11.7. The predicted octanol–water partition coefficient (Wildman–Crippen LogP) is 3.15. The first-order valence-corrected chi connectivity index (χ1v) is 8.77. The normalized spacial score (nSPS) is 10.5. The Morgan fingerprint density at radius 3 is 2.81 bits per heavy atom. The number of aromatic nitrogens is 1. The van der Waals surface area contributed by atoms with Crippen molar-refractivity contribution in [2.24, 2.45) is 0 Å². The number of ether oxygens (including phenoxy) is 2. The molecule has 7 heteroatoms. The number of thiazole rings is 1.